The normalized spacial score (nSPS) is 9.67. The van der Waals surface area contributed by atoms with Crippen molar-refractivity contribution in [2.75, 3.05) is 0 Å². The number of furan rings is 1. The van der Waals surface area contributed by atoms with Gasteiger partial charge in [-0.1, -0.05) is 0 Å². The van der Waals surface area contributed by atoms with Gasteiger partial charge in [0.05, 0.1) is 19.1 Å². The van der Waals surface area contributed by atoms with Crippen molar-refractivity contribution >= 4 is 5.97 Å². The lowest BCUT2D eigenvalue weighted by Gasteiger charge is -2.02. The summed E-state index contributed by atoms with van der Waals surface area (Å²) < 4.78 is 6.22. The lowest BCUT2D eigenvalue weighted by atomic mass is 10.2. The molecule has 18 heavy (non-hydrogen) atoms. The van der Waals surface area contributed by atoms with E-state index in [2.05, 4.69) is 4.98 Å². The minimum absolute atomic E-state index is 0.0119. The fourth-order valence-electron chi connectivity index (χ4n) is 1.53. The molecule has 0 spiro atoms. The largest absolute Gasteiger partial charge is 0.475 e. The van der Waals surface area contributed by atoms with E-state index in [0.29, 0.717) is 5.56 Å². The Bertz CT molecular complexity index is 684. The second kappa shape index (κ2) is 4.44. The van der Waals surface area contributed by atoms with Crippen molar-refractivity contribution in [2.45, 2.75) is 6.54 Å². The van der Waals surface area contributed by atoms with E-state index in [9.17, 15) is 4.79 Å². The van der Waals surface area contributed by atoms with Crippen LogP contribution >= 0.6 is 0 Å². The molecule has 0 saturated heterocycles. The average Bonchev–Trinajstić information content (AvgIpc) is 2.95. The van der Waals surface area contributed by atoms with Gasteiger partial charge >= 0.3 is 5.97 Å². The molecule has 2 aromatic heterocycles. The van der Waals surface area contributed by atoms with Gasteiger partial charge in [0.15, 0.2) is 11.4 Å². The third kappa shape index (κ3) is 1.81. The number of imidazole rings is 1. The highest BCUT2D eigenvalue weighted by Gasteiger charge is 2.17. The second-order valence-electron chi connectivity index (χ2n) is 3.37. The van der Waals surface area contributed by atoms with Gasteiger partial charge in [-0.25, -0.2) is 9.78 Å². The van der Waals surface area contributed by atoms with Gasteiger partial charge in [-0.3, -0.25) is 0 Å². The van der Waals surface area contributed by atoms with Crippen LogP contribution in [-0.4, -0.2) is 20.6 Å². The van der Waals surface area contributed by atoms with E-state index in [1.54, 1.807) is 6.07 Å². The molecule has 2 heterocycles. The number of aromatic carboxylic acids is 1. The maximum Gasteiger partial charge on any atom is 0.372 e. The zero-order valence-electron chi connectivity index (χ0n) is 8.99. The summed E-state index contributed by atoms with van der Waals surface area (Å²) in [6, 6.07) is 5.14. The van der Waals surface area contributed by atoms with E-state index >= 15 is 0 Å². The minimum Gasteiger partial charge on any atom is -0.475 e. The van der Waals surface area contributed by atoms with E-state index in [1.807, 2.05) is 6.07 Å². The molecule has 7 nitrogen and oxygen atoms in total. The van der Waals surface area contributed by atoms with Crippen LogP contribution in [0.4, 0.5) is 0 Å². The van der Waals surface area contributed by atoms with E-state index < -0.39 is 5.97 Å². The van der Waals surface area contributed by atoms with Gasteiger partial charge in [-0.05, 0) is 6.07 Å². The monoisotopic (exact) mass is 242 g/mol. The third-order valence-corrected chi connectivity index (χ3v) is 2.33. The number of nitrogens with zero attached hydrogens (tertiary/aromatic N) is 4. The van der Waals surface area contributed by atoms with Gasteiger partial charge in [0.25, 0.3) is 0 Å². The standard InChI is InChI=1S/C11H6N4O3/c12-3-8-9(4-13)15(6-14-8)5-7-1-2-18-10(7)11(16)17/h1-2,6H,5H2,(H,16,17). The van der Waals surface area contributed by atoms with Crippen molar-refractivity contribution in [3.05, 3.63) is 41.4 Å². The summed E-state index contributed by atoms with van der Waals surface area (Å²) in [6.45, 7) is 0.107. The van der Waals surface area contributed by atoms with Crippen LogP contribution in [0.2, 0.25) is 0 Å². The Morgan fingerprint density at radius 2 is 2.28 bits per heavy atom. The number of aromatic nitrogens is 2. The number of carboxylic acid groups (broad SMARTS) is 1. The number of hydrogen-bond donors (Lipinski definition) is 1. The number of nitriles is 2. The SMILES string of the molecule is N#Cc1ncn(Cc2ccoc2C(=O)O)c1C#N. The number of carboxylic acids is 1. The molecule has 0 atom stereocenters. The van der Waals surface area contributed by atoms with Crippen LogP contribution in [0.25, 0.3) is 0 Å². The summed E-state index contributed by atoms with van der Waals surface area (Å²) in [5.41, 5.74) is 0.508. The van der Waals surface area contributed by atoms with Gasteiger partial charge in [0, 0.05) is 5.56 Å². The highest BCUT2D eigenvalue weighted by atomic mass is 16.4. The lowest BCUT2D eigenvalue weighted by molar-refractivity contribution is 0.0660. The van der Waals surface area contributed by atoms with Crippen molar-refractivity contribution in [1.29, 1.82) is 10.5 Å². The van der Waals surface area contributed by atoms with Gasteiger partial charge in [-0.2, -0.15) is 10.5 Å². The van der Waals surface area contributed by atoms with Gasteiger partial charge < -0.3 is 14.1 Å². The fourth-order valence-corrected chi connectivity index (χ4v) is 1.53. The molecule has 0 aliphatic rings. The number of rotatable bonds is 3. The van der Waals surface area contributed by atoms with E-state index in [4.69, 9.17) is 20.0 Å². The van der Waals surface area contributed by atoms with Crippen LogP contribution in [0.15, 0.2) is 23.1 Å². The number of hydrogen-bond acceptors (Lipinski definition) is 5. The summed E-state index contributed by atoms with van der Waals surface area (Å²) in [7, 11) is 0. The van der Waals surface area contributed by atoms with Gasteiger partial charge in [0.1, 0.15) is 12.1 Å². The Morgan fingerprint density at radius 1 is 1.50 bits per heavy atom. The minimum atomic E-state index is -1.19. The first-order chi connectivity index (χ1) is 8.67. The lowest BCUT2D eigenvalue weighted by Crippen LogP contribution is -2.05. The molecule has 0 aromatic carbocycles. The first-order valence-electron chi connectivity index (χ1n) is 4.82. The molecule has 7 heteroatoms. The summed E-state index contributed by atoms with van der Waals surface area (Å²) in [6.07, 6.45) is 2.57. The molecule has 0 aliphatic heterocycles. The Labute approximate surface area is 101 Å². The Morgan fingerprint density at radius 3 is 2.89 bits per heavy atom. The quantitative estimate of drug-likeness (QED) is 0.856. The van der Waals surface area contributed by atoms with Crippen molar-refractivity contribution in [1.82, 2.24) is 9.55 Å². The average molecular weight is 242 g/mol. The highest BCUT2D eigenvalue weighted by molar-refractivity contribution is 5.86. The molecule has 0 radical (unpaired) electrons. The third-order valence-electron chi connectivity index (χ3n) is 2.33. The Hall–Kier alpha value is -3.06. The van der Waals surface area contributed by atoms with Crippen molar-refractivity contribution < 1.29 is 14.3 Å². The maximum atomic E-state index is 10.9. The maximum absolute atomic E-state index is 10.9. The predicted octanol–water partition coefficient (Wildman–Crippen LogP) is 0.966. The summed E-state index contributed by atoms with van der Waals surface area (Å²) in [5, 5.41) is 26.5. The molecular weight excluding hydrogens is 236 g/mol. The first-order valence-corrected chi connectivity index (χ1v) is 4.82. The van der Waals surface area contributed by atoms with E-state index in [1.165, 1.54) is 23.2 Å². The topological polar surface area (TPSA) is 116 Å². The van der Waals surface area contributed by atoms with Crippen LogP contribution in [0, 0.1) is 22.7 Å². The highest BCUT2D eigenvalue weighted by Crippen LogP contribution is 2.14. The first kappa shape index (κ1) is 11.4. The number of carbonyl (C=O) groups is 1. The second-order valence-corrected chi connectivity index (χ2v) is 3.37. The Kier molecular flexibility index (Phi) is 2.82. The van der Waals surface area contributed by atoms with Crippen LogP contribution < -0.4 is 0 Å². The zero-order chi connectivity index (χ0) is 13.1. The summed E-state index contributed by atoms with van der Waals surface area (Å²) >= 11 is 0. The molecule has 1 N–H and O–H groups in total. The fraction of sp³-hybridized carbons (Fsp3) is 0.0909. The Balaban J connectivity index is 2.39. The molecule has 0 saturated carbocycles. The van der Waals surface area contributed by atoms with Crippen LogP contribution in [0.5, 0.6) is 0 Å². The zero-order valence-corrected chi connectivity index (χ0v) is 8.99. The van der Waals surface area contributed by atoms with Gasteiger partial charge in [-0.15, -0.1) is 0 Å². The van der Waals surface area contributed by atoms with E-state index in [-0.39, 0.29) is 23.7 Å². The molecule has 0 unspecified atom stereocenters. The van der Waals surface area contributed by atoms with Crippen molar-refractivity contribution in [3.63, 3.8) is 0 Å². The molecule has 0 bridgehead atoms. The van der Waals surface area contributed by atoms with Crippen LogP contribution in [0.1, 0.15) is 27.5 Å². The van der Waals surface area contributed by atoms with Crippen molar-refractivity contribution in [3.8, 4) is 12.1 Å². The molecule has 88 valence electrons. The van der Waals surface area contributed by atoms with Crippen LogP contribution in [-0.2, 0) is 6.54 Å². The smallest absolute Gasteiger partial charge is 0.372 e. The van der Waals surface area contributed by atoms with Gasteiger partial charge in [0.2, 0.25) is 5.76 Å². The molecule has 0 amide bonds. The molecular formula is C11H6N4O3. The summed E-state index contributed by atoms with van der Waals surface area (Å²) in [4.78, 5) is 14.6. The molecule has 0 fully saturated rings. The summed E-state index contributed by atoms with van der Waals surface area (Å²) in [5.74, 6) is -1.37. The van der Waals surface area contributed by atoms with Crippen LogP contribution in [0.3, 0.4) is 0 Å². The predicted molar refractivity (Wildman–Crippen MR) is 56.4 cm³/mol. The molecule has 2 rings (SSSR count). The molecule has 2 aromatic rings. The van der Waals surface area contributed by atoms with Crippen molar-refractivity contribution in [2.24, 2.45) is 0 Å². The van der Waals surface area contributed by atoms with E-state index in [0.717, 1.165) is 0 Å². The molecule has 0 aliphatic carbocycles.